The molecule has 1 fully saturated rings. The predicted octanol–water partition coefficient (Wildman–Crippen LogP) is 3.96. The van der Waals surface area contributed by atoms with Gasteiger partial charge in [-0.15, -0.1) is 5.10 Å². The normalized spacial score (nSPS) is 15.1. The first-order valence-corrected chi connectivity index (χ1v) is 11.0. The van der Waals surface area contributed by atoms with E-state index in [-0.39, 0.29) is 6.61 Å². The van der Waals surface area contributed by atoms with Crippen molar-refractivity contribution in [1.82, 2.24) is 25.2 Å². The van der Waals surface area contributed by atoms with Crippen molar-refractivity contribution in [3.8, 4) is 0 Å². The standard InChI is InChI=1S/C23H29N7O/c1-30-23(26-28-29-30)22(19-11-6-3-7-12-19)27-31-17-20-13-8-14-21(25-20)24-16-15-18-9-4-2-5-10-18/h3,6-8,11-14,18H,2,4-5,9-10,15-17H2,1H3,(H,24,25)/b27-22-. The Hall–Kier alpha value is -3.29. The number of anilines is 1. The van der Waals surface area contributed by atoms with Crippen molar-refractivity contribution in [2.45, 2.75) is 45.1 Å². The zero-order valence-electron chi connectivity index (χ0n) is 17.9. The van der Waals surface area contributed by atoms with E-state index in [1.54, 1.807) is 11.7 Å². The molecule has 0 atom stereocenters. The van der Waals surface area contributed by atoms with Crippen molar-refractivity contribution in [2.75, 3.05) is 11.9 Å². The maximum Gasteiger partial charge on any atom is 0.204 e. The Morgan fingerprint density at radius 1 is 1.10 bits per heavy atom. The van der Waals surface area contributed by atoms with Gasteiger partial charge in [0.1, 0.15) is 5.82 Å². The number of tetrazole rings is 1. The first-order valence-electron chi connectivity index (χ1n) is 11.0. The van der Waals surface area contributed by atoms with E-state index >= 15 is 0 Å². The average Bonchev–Trinajstić information content (AvgIpc) is 3.24. The fraction of sp³-hybridized carbons (Fsp3) is 0.435. The minimum absolute atomic E-state index is 0.264. The van der Waals surface area contributed by atoms with Gasteiger partial charge in [-0.05, 0) is 34.9 Å². The highest BCUT2D eigenvalue weighted by atomic mass is 16.6. The number of rotatable bonds is 9. The van der Waals surface area contributed by atoms with E-state index in [9.17, 15) is 0 Å². The topological polar surface area (TPSA) is 90.1 Å². The molecule has 31 heavy (non-hydrogen) atoms. The summed E-state index contributed by atoms with van der Waals surface area (Å²) in [5.74, 6) is 2.27. The number of pyridine rings is 1. The van der Waals surface area contributed by atoms with Gasteiger partial charge in [-0.3, -0.25) is 0 Å². The summed E-state index contributed by atoms with van der Waals surface area (Å²) in [5.41, 5.74) is 2.27. The molecule has 2 heterocycles. The molecule has 1 N–H and O–H groups in total. The smallest absolute Gasteiger partial charge is 0.204 e. The van der Waals surface area contributed by atoms with Crippen LogP contribution in [0.15, 0.2) is 53.7 Å². The summed E-state index contributed by atoms with van der Waals surface area (Å²) >= 11 is 0. The number of oxime groups is 1. The van der Waals surface area contributed by atoms with E-state index in [1.807, 2.05) is 48.5 Å². The third-order valence-electron chi connectivity index (χ3n) is 5.64. The number of nitrogens with zero attached hydrogens (tertiary/aromatic N) is 6. The summed E-state index contributed by atoms with van der Waals surface area (Å²) in [6.45, 7) is 1.22. The van der Waals surface area contributed by atoms with Crippen molar-refractivity contribution < 1.29 is 4.84 Å². The molecule has 0 spiro atoms. The van der Waals surface area contributed by atoms with Gasteiger partial charge in [0.25, 0.3) is 0 Å². The summed E-state index contributed by atoms with van der Waals surface area (Å²) in [6.07, 6.45) is 8.10. The minimum Gasteiger partial charge on any atom is -0.389 e. The molecule has 8 nitrogen and oxygen atoms in total. The minimum atomic E-state index is 0.264. The molecule has 3 aromatic rings. The van der Waals surface area contributed by atoms with Crippen LogP contribution < -0.4 is 5.32 Å². The second-order valence-electron chi connectivity index (χ2n) is 7.94. The van der Waals surface area contributed by atoms with Crippen LogP contribution in [0.2, 0.25) is 0 Å². The van der Waals surface area contributed by atoms with Gasteiger partial charge in [0.2, 0.25) is 5.82 Å². The van der Waals surface area contributed by atoms with E-state index in [1.165, 1.54) is 38.5 Å². The molecule has 0 amide bonds. The Morgan fingerprint density at radius 2 is 1.94 bits per heavy atom. The molecule has 1 saturated carbocycles. The van der Waals surface area contributed by atoms with Gasteiger partial charge in [-0.25, -0.2) is 9.67 Å². The largest absolute Gasteiger partial charge is 0.389 e. The third kappa shape index (κ3) is 5.87. The van der Waals surface area contributed by atoms with Gasteiger partial charge in [0, 0.05) is 19.2 Å². The maximum atomic E-state index is 5.66. The van der Waals surface area contributed by atoms with Crippen molar-refractivity contribution in [2.24, 2.45) is 18.1 Å². The van der Waals surface area contributed by atoms with Crippen LogP contribution in [0.1, 0.15) is 55.6 Å². The van der Waals surface area contributed by atoms with Crippen molar-refractivity contribution in [3.05, 3.63) is 65.6 Å². The molecular weight excluding hydrogens is 390 g/mol. The van der Waals surface area contributed by atoms with Gasteiger partial charge in [0.05, 0.1) is 5.69 Å². The summed E-state index contributed by atoms with van der Waals surface area (Å²) < 4.78 is 1.57. The van der Waals surface area contributed by atoms with Crippen LogP contribution in [-0.4, -0.2) is 37.4 Å². The quantitative estimate of drug-likeness (QED) is 0.417. The monoisotopic (exact) mass is 419 g/mol. The molecule has 8 heteroatoms. The SMILES string of the molecule is Cn1nnnc1/C(=N\OCc1cccc(NCCC2CCCCC2)n1)c1ccccc1. The van der Waals surface area contributed by atoms with Crippen molar-refractivity contribution in [1.29, 1.82) is 0 Å². The lowest BCUT2D eigenvalue weighted by Gasteiger charge is -2.21. The second kappa shape index (κ2) is 10.7. The maximum absolute atomic E-state index is 5.66. The summed E-state index contributed by atoms with van der Waals surface area (Å²) in [4.78, 5) is 10.3. The Labute approximate surface area is 182 Å². The predicted molar refractivity (Wildman–Crippen MR) is 120 cm³/mol. The fourth-order valence-electron chi connectivity index (χ4n) is 3.95. The van der Waals surface area contributed by atoms with Crippen molar-refractivity contribution in [3.63, 3.8) is 0 Å². The molecule has 1 aliphatic rings. The highest BCUT2D eigenvalue weighted by Crippen LogP contribution is 2.26. The lowest BCUT2D eigenvalue weighted by molar-refractivity contribution is 0.128. The van der Waals surface area contributed by atoms with Crippen LogP contribution in [0.4, 0.5) is 5.82 Å². The number of aromatic nitrogens is 5. The van der Waals surface area contributed by atoms with Crippen LogP contribution >= 0.6 is 0 Å². The lowest BCUT2D eigenvalue weighted by atomic mass is 9.87. The number of benzene rings is 1. The molecule has 162 valence electrons. The first kappa shape index (κ1) is 21.0. The summed E-state index contributed by atoms with van der Waals surface area (Å²) in [7, 11) is 1.78. The van der Waals surface area contributed by atoms with Gasteiger partial charge >= 0.3 is 0 Å². The van der Waals surface area contributed by atoms with Crippen LogP contribution in [0.5, 0.6) is 0 Å². The molecule has 1 aromatic carbocycles. The third-order valence-corrected chi connectivity index (χ3v) is 5.64. The van der Waals surface area contributed by atoms with E-state index in [4.69, 9.17) is 4.84 Å². The lowest BCUT2D eigenvalue weighted by Crippen LogP contribution is -2.13. The summed E-state index contributed by atoms with van der Waals surface area (Å²) in [6, 6.07) is 15.7. The molecule has 0 saturated heterocycles. The van der Waals surface area contributed by atoms with Crippen LogP contribution in [0.3, 0.4) is 0 Å². The van der Waals surface area contributed by atoms with E-state index in [2.05, 4.69) is 31.0 Å². The Balaban J connectivity index is 1.36. The highest BCUT2D eigenvalue weighted by molar-refractivity contribution is 6.10. The average molecular weight is 420 g/mol. The molecular formula is C23H29N7O. The Kier molecular flexibility index (Phi) is 7.20. The van der Waals surface area contributed by atoms with Crippen LogP contribution in [0.25, 0.3) is 0 Å². The van der Waals surface area contributed by atoms with Gasteiger partial charge in [-0.2, -0.15) is 0 Å². The molecule has 2 aromatic heterocycles. The fourth-order valence-corrected chi connectivity index (χ4v) is 3.95. The van der Waals surface area contributed by atoms with Crippen LogP contribution in [-0.2, 0) is 18.5 Å². The van der Waals surface area contributed by atoms with E-state index in [0.29, 0.717) is 11.5 Å². The zero-order chi connectivity index (χ0) is 21.3. The molecule has 0 aliphatic heterocycles. The van der Waals surface area contributed by atoms with Gasteiger partial charge in [0.15, 0.2) is 12.3 Å². The highest BCUT2D eigenvalue weighted by Gasteiger charge is 2.15. The number of nitrogens with one attached hydrogen (secondary N) is 1. The van der Waals surface area contributed by atoms with Gasteiger partial charge in [-0.1, -0.05) is 73.7 Å². The zero-order valence-corrected chi connectivity index (χ0v) is 17.9. The Bertz CT molecular complexity index is 980. The second-order valence-corrected chi connectivity index (χ2v) is 7.94. The van der Waals surface area contributed by atoms with E-state index < -0.39 is 0 Å². The molecule has 4 rings (SSSR count). The summed E-state index contributed by atoms with van der Waals surface area (Å²) in [5, 5.41) is 19.5. The van der Waals surface area contributed by atoms with Crippen LogP contribution in [0, 0.1) is 5.92 Å². The van der Waals surface area contributed by atoms with Gasteiger partial charge < -0.3 is 10.2 Å². The number of aryl methyl sites for hydroxylation is 1. The first-order chi connectivity index (χ1) is 15.3. The molecule has 0 bridgehead atoms. The molecule has 0 radical (unpaired) electrons. The number of hydrogen-bond acceptors (Lipinski definition) is 7. The molecule has 1 aliphatic carbocycles. The van der Waals surface area contributed by atoms with E-state index in [0.717, 1.165) is 29.5 Å². The Morgan fingerprint density at radius 3 is 2.71 bits per heavy atom. The van der Waals surface area contributed by atoms with Crippen molar-refractivity contribution >= 4 is 11.5 Å². The number of hydrogen-bond donors (Lipinski definition) is 1. The molecule has 0 unspecified atom stereocenters.